The van der Waals surface area contributed by atoms with Crippen LogP contribution in [0.25, 0.3) is 0 Å². The maximum atomic E-state index is 11.9. The number of halogens is 1. The molecule has 6 heteroatoms. The summed E-state index contributed by atoms with van der Waals surface area (Å²) in [5.41, 5.74) is 1.36. The van der Waals surface area contributed by atoms with Crippen molar-refractivity contribution in [3.63, 3.8) is 0 Å². The average molecular weight is 306 g/mol. The Labute approximate surface area is 128 Å². The van der Waals surface area contributed by atoms with Gasteiger partial charge in [0.15, 0.2) is 0 Å². The SMILES string of the molecule is CC(CCc1ccc(O)cc1)NC(=O)c1cnc(Cl)cn1. The van der Waals surface area contributed by atoms with Crippen molar-refractivity contribution in [3.8, 4) is 5.75 Å². The summed E-state index contributed by atoms with van der Waals surface area (Å²) in [7, 11) is 0. The second-order valence-electron chi connectivity index (χ2n) is 4.80. The molecule has 0 aliphatic rings. The Bertz CT molecular complexity index is 599. The van der Waals surface area contributed by atoms with Crippen LogP contribution in [0.4, 0.5) is 0 Å². The Morgan fingerprint density at radius 3 is 2.62 bits per heavy atom. The predicted octanol–water partition coefficient (Wildman–Crippen LogP) is 2.59. The lowest BCUT2D eigenvalue weighted by Gasteiger charge is -2.13. The molecular formula is C15H16ClN3O2. The first kappa shape index (κ1) is 15.3. The Morgan fingerprint density at radius 1 is 1.29 bits per heavy atom. The Hall–Kier alpha value is -2.14. The number of hydrogen-bond acceptors (Lipinski definition) is 4. The standard InChI is InChI=1S/C15H16ClN3O2/c1-10(2-3-11-4-6-12(20)7-5-11)19-15(21)13-8-18-14(16)9-17-13/h4-10,20H,2-3H2,1H3,(H,19,21). The van der Waals surface area contributed by atoms with Gasteiger partial charge in [-0.1, -0.05) is 23.7 Å². The van der Waals surface area contributed by atoms with Crippen molar-refractivity contribution in [1.82, 2.24) is 15.3 Å². The van der Waals surface area contributed by atoms with Gasteiger partial charge in [0.1, 0.15) is 16.6 Å². The van der Waals surface area contributed by atoms with E-state index in [1.165, 1.54) is 12.4 Å². The van der Waals surface area contributed by atoms with Crippen LogP contribution in [0.1, 0.15) is 29.4 Å². The largest absolute Gasteiger partial charge is 0.508 e. The molecule has 0 bridgehead atoms. The molecule has 0 aliphatic carbocycles. The molecule has 21 heavy (non-hydrogen) atoms. The van der Waals surface area contributed by atoms with Gasteiger partial charge in [-0.15, -0.1) is 0 Å². The summed E-state index contributed by atoms with van der Waals surface area (Å²) < 4.78 is 0. The molecule has 0 saturated carbocycles. The number of phenolic OH excluding ortho intramolecular Hbond substituents is 1. The van der Waals surface area contributed by atoms with Gasteiger partial charge >= 0.3 is 0 Å². The van der Waals surface area contributed by atoms with Crippen LogP contribution in [0.3, 0.4) is 0 Å². The van der Waals surface area contributed by atoms with Crippen LogP contribution in [0.5, 0.6) is 5.75 Å². The molecule has 1 aromatic carbocycles. The van der Waals surface area contributed by atoms with Crippen LogP contribution < -0.4 is 5.32 Å². The summed E-state index contributed by atoms with van der Waals surface area (Å²) in [6, 6.07) is 7.05. The maximum absolute atomic E-state index is 11.9. The molecule has 0 aliphatic heterocycles. The van der Waals surface area contributed by atoms with Gasteiger partial charge in [-0.2, -0.15) is 0 Å². The number of aromatic hydroxyl groups is 1. The van der Waals surface area contributed by atoms with Gasteiger partial charge in [-0.25, -0.2) is 9.97 Å². The van der Waals surface area contributed by atoms with Crippen LogP contribution in [0.2, 0.25) is 5.15 Å². The number of aromatic nitrogens is 2. The lowest BCUT2D eigenvalue weighted by Crippen LogP contribution is -2.33. The molecule has 1 atom stereocenters. The number of nitrogens with zero attached hydrogens (tertiary/aromatic N) is 2. The third-order valence-corrected chi connectivity index (χ3v) is 3.23. The summed E-state index contributed by atoms with van der Waals surface area (Å²) in [5, 5.41) is 12.3. The fraction of sp³-hybridized carbons (Fsp3) is 0.267. The minimum atomic E-state index is -0.266. The molecule has 1 aromatic heterocycles. The highest BCUT2D eigenvalue weighted by atomic mass is 35.5. The average Bonchev–Trinajstić information content (AvgIpc) is 2.47. The number of hydrogen-bond donors (Lipinski definition) is 2. The van der Waals surface area contributed by atoms with E-state index < -0.39 is 0 Å². The van der Waals surface area contributed by atoms with Gasteiger partial charge in [0.05, 0.1) is 12.4 Å². The molecule has 1 amide bonds. The van der Waals surface area contributed by atoms with E-state index in [1.54, 1.807) is 12.1 Å². The fourth-order valence-electron chi connectivity index (χ4n) is 1.85. The van der Waals surface area contributed by atoms with Crippen LogP contribution in [-0.4, -0.2) is 27.0 Å². The Morgan fingerprint density at radius 2 is 2.00 bits per heavy atom. The summed E-state index contributed by atoms with van der Waals surface area (Å²) in [6.07, 6.45) is 4.30. The van der Waals surface area contributed by atoms with Gasteiger partial charge in [0, 0.05) is 6.04 Å². The van der Waals surface area contributed by atoms with E-state index in [0.717, 1.165) is 18.4 Å². The zero-order valence-corrected chi connectivity index (χ0v) is 12.3. The number of carbonyl (C=O) groups excluding carboxylic acids is 1. The molecule has 5 nitrogen and oxygen atoms in total. The second kappa shape index (κ2) is 7.04. The third kappa shape index (κ3) is 4.72. The fourth-order valence-corrected chi connectivity index (χ4v) is 1.94. The zero-order valence-electron chi connectivity index (χ0n) is 11.6. The topological polar surface area (TPSA) is 75.1 Å². The van der Waals surface area contributed by atoms with Crippen molar-refractivity contribution < 1.29 is 9.90 Å². The molecule has 0 spiro atoms. The van der Waals surface area contributed by atoms with Crippen LogP contribution in [0.15, 0.2) is 36.7 Å². The van der Waals surface area contributed by atoms with Crippen molar-refractivity contribution >= 4 is 17.5 Å². The first-order valence-corrected chi connectivity index (χ1v) is 6.98. The molecule has 2 N–H and O–H groups in total. The number of aryl methyl sites for hydroxylation is 1. The molecule has 0 radical (unpaired) electrons. The molecule has 2 rings (SSSR count). The Balaban J connectivity index is 1.83. The van der Waals surface area contributed by atoms with Gasteiger partial charge in [-0.05, 0) is 37.5 Å². The quantitative estimate of drug-likeness (QED) is 0.890. The number of carbonyl (C=O) groups is 1. The van der Waals surface area contributed by atoms with E-state index in [4.69, 9.17) is 11.6 Å². The molecule has 0 fully saturated rings. The molecular weight excluding hydrogens is 290 g/mol. The first-order valence-electron chi connectivity index (χ1n) is 6.61. The number of nitrogens with one attached hydrogen (secondary N) is 1. The molecule has 2 aromatic rings. The molecule has 1 unspecified atom stereocenters. The van der Waals surface area contributed by atoms with Gasteiger partial charge in [0.2, 0.25) is 0 Å². The number of amides is 1. The second-order valence-corrected chi connectivity index (χ2v) is 5.19. The van der Waals surface area contributed by atoms with Crippen molar-refractivity contribution in [2.24, 2.45) is 0 Å². The zero-order chi connectivity index (χ0) is 15.2. The lowest BCUT2D eigenvalue weighted by molar-refractivity contribution is 0.0933. The van der Waals surface area contributed by atoms with Gasteiger partial charge in [-0.3, -0.25) is 4.79 Å². The van der Waals surface area contributed by atoms with Crippen molar-refractivity contribution in [3.05, 3.63) is 53.1 Å². The van der Waals surface area contributed by atoms with Crippen molar-refractivity contribution in [2.75, 3.05) is 0 Å². The van der Waals surface area contributed by atoms with Crippen molar-refractivity contribution in [1.29, 1.82) is 0 Å². The maximum Gasteiger partial charge on any atom is 0.271 e. The summed E-state index contributed by atoms with van der Waals surface area (Å²) >= 11 is 5.63. The van der Waals surface area contributed by atoms with Gasteiger partial charge in [0.25, 0.3) is 5.91 Å². The normalized spacial score (nSPS) is 11.9. The van der Waals surface area contributed by atoms with E-state index >= 15 is 0 Å². The van der Waals surface area contributed by atoms with E-state index in [2.05, 4.69) is 15.3 Å². The molecule has 110 valence electrons. The minimum absolute atomic E-state index is 0.00350. The number of phenols is 1. The first-order chi connectivity index (χ1) is 10.0. The molecule has 0 saturated heterocycles. The van der Waals surface area contributed by atoms with E-state index in [1.807, 2.05) is 19.1 Å². The highest BCUT2D eigenvalue weighted by Crippen LogP contribution is 2.12. The smallest absolute Gasteiger partial charge is 0.271 e. The van der Waals surface area contributed by atoms with Crippen LogP contribution in [0, 0.1) is 0 Å². The highest BCUT2D eigenvalue weighted by Gasteiger charge is 2.11. The number of benzene rings is 1. The van der Waals surface area contributed by atoms with E-state index in [0.29, 0.717) is 0 Å². The lowest BCUT2D eigenvalue weighted by atomic mass is 10.1. The molecule has 1 heterocycles. The van der Waals surface area contributed by atoms with E-state index in [-0.39, 0.29) is 28.5 Å². The highest BCUT2D eigenvalue weighted by molar-refractivity contribution is 6.29. The van der Waals surface area contributed by atoms with Crippen LogP contribution in [-0.2, 0) is 6.42 Å². The predicted molar refractivity (Wildman–Crippen MR) is 80.4 cm³/mol. The third-order valence-electron chi connectivity index (χ3n) is 3.03. The van der Waals surface area contributed by atoms with Crippen molar-refractivity contribution in [2.45, 2.75) is 25.8 Å². The summed E-state index contributed by atoms with van der Waals surface area (Å²) in [5.74, 6) is -0.0150. The summed E-state index contributed by atoms with van der Waals surface area (Å²) in [4.78, 5) is 19.7. The number of rotatable bonds is 5. The monoisotopic (exact) mass is 305 g/mol. The minimum Gasteiger partial charge on any atom is -0.508 e. The summed E-state index contributed by atoms with van der Waals surface area (Å²) in [6.45, 7) is 1.93. The van der Waals surface area contributed by atoms with Gasteiger partial charge < -0.3 is 10.4 Å². The van der Waals surface area contributed by atoms with E-state index in [9.17, 15) is 9.90 Å². The Kier molecular flexibility index (Phi) is 5.11. The van der Waals surface area contributed by atoms with Crippen LogP contribution >= 0.6 is 11.6 Å².